The Morgan fingerprint density at radius 3 is 2.45 bits per heavy atom. The van der Waals surface area contributed by atoms with Crippen LogP contribution in [-0.2, 0) is 0 Å². The lowest BCUT2D eigenvalue weighted by Crippen LogP contribution is -2.14. The van der Waals surface area contributed by atoms with Crippen LogP contribution in [0.15, 0.2) is 85.1 Å². The molecule has 0 fully saturated rings. The molecule has 0 unspecified atom stereocenters. The summed E-state index contributed by atoms with van der Waals surface area (Å²) in [4.78, 5) is 17.9. The normalized spacial score (nSPS) is 11.0. The molecular formula is C26H18F2N4O. The van der Waals surface area contributed by atoms with Gasteiger partial charge in [-0.2, -0.15) is 5.10 Å². The number of nitrogens with one attached hydrogen (secondary N) is 1. The summed E-state index contributed by atoms with van der Waals surface area (Å²) in [5, 5.41) is 7.73. The molecule has 0 saturated heterocycles. The molecule has 0 aliphatic heterocycles. The van der Waals surface area contributed by atoms with Crippen LogP contribution in [0.2, 0.25) is 0 Å². The van der Waals surface area contributed by atoms with Crippen LogP contribution in [0.4, 0.5) is 14.5 Å². The number of hydrogen-bond acceptors (Lipinski definition) is 3. The maximum Gasteiger partial charge on any atom is 0.256 e. The molecule has 0 spiro atoms. The topological polar surface area (TPSA) is 59.8 Å². The fourth-order valence-electron chi connectivity index (χ4n) is 3.76. The molecule has 0 radical (unpaired) electrons. The first-order valence-corrected chi connectivity index (χ1v) is 10.3. The zero-order valence-corrected chi connectivity index (χ0v) is 17.6. The highest BCUT2D eigenvalue weighted by Crippen LogP contribution is 2.29. The lowest BCUT2D eigenvalue weighted by molar-refractivity contribution is 0.102. The maximum atomic E-state index is 14.1. The molecule has 0 bridgehead atoms. The van der Waals surface area contributed by atoms with Crippen LogP contribution in [0, 0.1) is 18.6 Å². The number of aromatic nitrogens is 3. The molecule has 0 saturated carbocycles. The highest BCUT2D eigenvalue weighted by molar-refractivity contribution is 6.13. The molecule has 0 atom stereocenters. The predicted molar refractivity (Wildman–Crippen MR) is 123 cm³/mol. The fourth-order valence-corrected chi connectivity index (χ4v) is 3.76. The van der Waals surface area contributed by atoms with Crippen LogP contribution in [0.1, 0.15) is 16.1 Å². The Morgan fingerprint density at radius 1 is 0.939 bits per heavy atom. The molecule has 2 heterocycles. The molecule has 1 amide bonds. The largest absolute Gasteiger partial charge is 0.319 e. The van der Waals surface area contributed by atoms with Crippen molar-refractivity contribution >= 4 is 22.5 Å². The number of benzene rings is 3. The van der Waals surface area contributed by atoms with E-state index in [2.05, 4.69) is 10.4 Å². The van der Waals surface area contributed by atoms with E-state index in [1.807, 2.05) is 25.1 Å². The van der Waals surface area contributed by atoms with Gasteiger partial charge in [0, 0.05) is 10.9 Å². The van der Waals surface area contributed by atoms with Gasteiger partial charge in [0.1, 0.15) is 11.6 Å². The van der Waals surface area contributed by atoms with Gasteiger partial charge in [0.05, 0.1) is 40.0 Å². The SMILES string of the molecule is Cc1c(-c2cc(C(=O)Nc3ccccc3F)c3ccccc3n2)cnn1-c1ccc(F)cc1. The first-order valence-electron chi connectivity index (χ1n) is 10.3. The number of halogens is 2. The van der Waals surface area contributed by atoms with Crippen molar-refractivity contribution in [3.8, 4) is 16.9 Å². The zero-order chi connectivity index (χ0) is 22.9. The van der Waals surface area contributed by atoms with E-state index in [-0.39, 0.29) is 11.5 Å². The first-order chi connectivity index (χ1) is 16.0. The highest BCUT2D eigenvalue weighted by atomic mass is 19.1. The summed E-state index contributed by atoms with van der Waals surface area (Å²) in [5.74, 6) is -1.28. The Labute approximate surface area is 188 Å². The minimum atomic E-state index is -0.513. The number of para-hydroxylation sites is 2. The van der Waals surface area contributed by atoms with Gasteiger partial charge in [-0.05, 0) is 55.5 Å². The number of carbonyl (C=O) groups is 1. The van der Waals surface area contributed by atoms with Gasteiger partial charge in [0.2, 0.25) is 0 Å². The van der Waals surface area contributed by atoms with Crippen molar-refractivity contribution in [3.63, 3.8) is 0 Å². The van der Waals surface area contributed by atoms with Gasteiger partial charge >= 0.3 is 0 Å². The summed E-state index contributed by atoms with van der Waals surface area (Å²) < 4.78 is 29.1. The number of pyridine rings is 1. The van der Waals surface area contributed by atoms with E-state index in [1.165, 1.54) is 24.3 Å². The van der Waals surface area contributed by atoms with Gasteiger partial charge in [-0.25, -0.2) is 18.4 Å². The number of amides is 1. The quantitative estimate of drug-likeness (QED) is 0.377. The van der Waals surface area contributed by atoms with Crippen LogP contribution in [0.25, 0.3) is 27.8 Å². The van der Waals surface area contributed by atoms with E-state index in [0.29, 0.717) is 27.8 Å². The van der Waals surface area contributed by atoms with Gasteiger partial charge in [-0.3, -0.25) is 4.79 Å². The zero-order valence-electron chi connectivity index (χ0n) is 17.6. The third-order valence-corrected chi connectivity index (χ3v) is 5.44. The van der Waals surface area contributed by atoms with Crippen molar-refractivity contribution in [2.45, 2.75) is 6.92 Å². The fraction of sp³-hybridized carbons (Fsp3) is 0.0385. The Kier molecular flexibility index (Phi) is 5.14. The van der Waals surface area contributed by atoms with Gasteiger partial charge in [-0.1, -0.05) is 30.3 Å². The van der Waals surface area contributed by atoms with E-state index >= 15 is 0 Å². The van der Waals surface area contributed by atoms with Gasteiger partial charge in [0.25, 0.3) is 5.91 Å². The van der Waals surface area contributed by atoms with E-state index in [9.17, 15) is 13.6 Å². The third kappa shape index (κ3) is 3.85. The second-order valence-electron chi connectivity index (χ2n) is 7.54. The van der Waals surface area contributed by atoms with Gasteiger partial charge in [-0.15, -0.1) is 0 Å². The molecule has 0 aliphatic carbocycles. The lowest BCUT2D eigenvalue weighted by atomic mass is 10.0. The second kappa shape index (κ2) is 8.27. The van der Waals surface area contributed by atoms with Crippen molar-refractivity contribution in [2.24, 2.45) is 0 Å². The van der Waals surface area contributed by atoms with Crippen molar-refractivity contribution < 1.29 is 13.6 Å². The van der Waals surface area contributed by atoms with E-state index < -0.39 is 11.7 Å². The summed E-state index contributed by atoms with van der Waals surface area (Å²) in [6.45, 7) is 1.88. The van der Waals surface area contributed by atoms with Gasteiger partial charge in [0.15, 0.2) is 0 Å². The number of carbonyl (C=O) groups excluding carboxylic acids is 1. The molecule has 2 aromatic heterocycles. The maximum absolute atomic E-state index is 14.1. The van der Waals surface area contributed by atoms with Gasteiger partial charge < -0.3 is 5.32 Å². The van der Waals surface area contributed by atoms with Crippen molar-refractivity contribution in [1.29, 1.82) is 0 Å². The minimum absolute atomic E-state index is 0.102. The molecule has 33 heavy (non-hydrogen) atoms. The van der Waals surface area contributed by atoms with Crippen molar-refractivity contribution in [2.75, 3.05) is 5.32 Å². The van der Waals surface area contributed by atoms with Crippen LogP contribution >= 0.6 is 0 Å². The number of anilines is 1. The summed E-state index contributed by atoms with van der Waals surface area (Å²) in [5.41, 5.74) is 3.87. The molecule has 1 N–H and O–H groups in total. The predicted octanol–water partition coefficient (Wildman–Crippen LogP) is 5.93. The molecule has 5 aromatic rings. The van der Waals surface area contributed by atoms with Crippen LogP contribution < -0.4 is 5.32 Å². The van der Waals surface area contributed by atoms with E-state index in [0.717, 1.165) is 11.3 Å². The number of rotatable bonds is 4. The summed E-state index contributed by atoms with van der Waals surface area (Å²) in [6.07, 6.45) is 1.66. The Morgan fingerprint density at radius 2 is 1.67 bits per heavy atom. The molecular weight excluding hydrogens is 422 g/mol. The average Bonchev–Trinajstić information content (AvgIpc) is 3.21. The molecule has 0 aliphatic rings. The Balaban J connectivity index is 1.60. The Bertz CT molecular complexity index is 1490. The Hall–Kier alpha value is -4.39. The second-order valence-corrected chi connectivity index (χ2v) is 7.54. The smallest absolute Gasteiger partial charge is 0.256 e. The molecule has 7 heteroatoms. The van der Waals surface area contributed by atoms with Crippen LogP contribution in [-0.4, -0.2) is 20.7 Å². The van der Waals surface area contributed by atoms with E-state index in [1.54, 1.807) is 47.3 Å². The first kappa shape index (κ1) is 20.5. The summed E-state index contributed by atoms with van der Waals surface area (Å²) >= 11 is 0. The van der Waals surface area contributed by atoms with Crippen LogP contribution in [0.3, 0.4) is 0 Å². The third-order valence-electron chi connectivity index (χ3n) is 5.44. The molecule has 5 nitrogen and oxygen atoms in total. The monoisotopic (exact) mass is 440 g/mol. The highest BCUT2D eigenvalue weighted by Gasteiger charge is 2.18. The summed E-state index contributed by atoms with van der Waals surface area (Å²) in [6, 6.07) is 21.0. The number of hydrogen-bond donors (Lipinski definition) is 1. The molecule has 162 valence electrons. The number of fused-ring (bicyclic) bond motifs is 1. The van der Waals surface area contributed by atoms with Crippen molar-refractivity contribution in [1.82, 2.24) is 14.8 Å². The standard InChI is InChI=1S/C26H18F2N4O/c1-16-21(15-29-32(16)18-12-10-17(27)11-13-18)25-14-20(19-6-2-4-8-23(19)30-25)26(33)31-24-9-5-3-7-22(24)28/h2-15H,1H3,(H,31,33). The van der Waals surface area contributed by atoms with Crippen LogP contribution in [0.5, 0.6) is 0 Å². The van der Waals surface area contributed by atoms with Crippen molar-refractivity contribution in [3.05, 3.63) is 108 Å². The average molecular weight is 440 g/mol. The lowest BCUT2D eigenvalue weighted by Gasteiger charge is -2.11. The number of nitrogens with zero attached hydrogens (tertiary/aromatic N) is 3. The summed E-state index contributed by atoms with van der Waals surface area (Å²) in [7, 11) is 0. The molecule has 3 aromatic carbocycles. The van der Waals surface area contributed by atoms with E-state index in [4.69, 9.17) is 4.98 Å². The molecule has 5 rings (SSSR count). The minimum Gasteiger partial charge on any atom is -0.319 e.